The highest BCUT2D eigenvalue weighted by Crippen LogP contribution is 2.27. The van der Waals surface area contributed by atoms with E-state index in [0.29, 0.717) is 62.1 Å². The molecule has 0 spiro atoms. The lowest BCUT2D eigenvalue weighted by Gasteiger charge is -2.39. The maximum Gasteiger partial charge on any atom is 0.426 e. The first-order chi connectivity index (χ1) is 64.4. The van der Waals surface area contributed by atoms with Gasteiger partial charge in [0.1, 0.15) is 90.9 Å². The number of hydrogen-bond acceptors (Lipinski definition) is 35. The second-order valence-electron chi connectivity index (χ2n) is 33.7. The van der Waals surface area contributed by atoms with Gasteiger partial charge in [0, 0.05) is 92.9 Å². The Kier molecular flexibility index (Phi) is 57.6. The second-order valence-corrected chi connectivity index (χ2v) is 37.3. The Balaban J connectivity index is 1.83. The Labute approximate surface area is 800 Å². The third-order valence-electron chi connectivity index (χ3n) is 22.5. The number of aliphatic hydroxyl groups is 10. The molecule has 770 valence electrons. The summed E-state index contributed by atoms with van der Waals surface area (Å²) < 4.78 is 10.9. The maximum atomic E-state index is 14.9. The number of esters is 1. The van der Waals surface area contributed by atoms with E-state index in [-0.39, 0.29) is 80.4 Å². The van der Waals surface area contributed by atoms with E-state index < -0.39 is 282 Å². The number of nitrogens with one attached hydrogen (secondary N) is 11. The molecule has 47 nitrogen and oxygen atoms in total. The van der Waals surface area contributed by atoms with Crippen LogP contribution < -0.4 is 64.4 Å². The number of carbonyl (C=O) groups excluding carboxylic acids is 13. The number of aromatic hydroxyl groups is 1. The van der Waals surface area contributed by atoms with E-state index in [4.69, 9.17) is 15.2 Å². The first-order valence-corrected chi connectivity index (χ1v) is 48.8. The number of aliphatic carboxylic acids is 3. The van der Waals surface area contributed by atoms with Gasteiger partial charge in [-0.25, -0.2) is 20.0 Å². The first kappa shape index (κ1) is 120. The predicted molar refractivity (Wildman–Crippen MR) is 492 cm³/mol. The van der Waals surface area contributed by atoms with Crippen molar-refractivity contribution >= 4 is 128 Å². The molecule has 0 bridgehead atoms. The highest BCUT2D eigenvalue weighted by Gasteiger charge is 2.41. The number of aliphatic hydroxyl groups excluding tert-OH is 10. The van der Waals surface area contributed by atoms with Crippen molar-refractivity contribution in [3.63, 3.8) is 0 Å². The number of nitrogens with zero attached hydrogens (tertiary/aromatic N) is 3. The molecule has 1 aromatic carbocycles. The molecule has 1 saturated heterocycles. The number of hydrazine groups is 1. The number of likely N-dealkylation sites (tertiary alicyclic amines) is 1. The molecule has 19 unspecified atom stereocenters. The number of amides is 12. The van der Waals surface area contributed by atoms with Crippen LogP contribution in [0.15, 0.2) is 29.6 Å². The normalized spacial score (nSPS) is 16.7. The number of benzene rings is 1. The number of likely N-dealkylation sites (N-methyl/N-ethyl adjacent to an activating group) is 1. The topological polar surface area (TPSA) is 753 Å². The van der Waals surface area contributed by atoms with Crippen LogP contribution in [0.4, 0.5) is 4.79 Å². The molecule has 3 rings (SSSR count). The number of piperidine rings is 1. The number of thiazole rings is 1. The van der Waals surface area contributed by atoms with E-state index in [9.17, 15) is 148 Å². The van der Waals surface area contributed by atoms with E-state index in [2.05, 4.69) is 63.7 Å². The summed E-state index contributed by atoms with van der Waals surface area (Å²) in [5.74, 6) is -17.3. The maximum absolute atomic E-state index is 14.9. The average molecular weight is 1990 g/mol. The van der Waals surface area contributed by atoms with Gasteiger partial charge in [0.15, 0.2) is 6.73 Å². The van der Waals surface area contributed by atoms with Crippen LogP contribution in [0.3, 0.4) is 0 Å². The van der Waals surface area contributed by atoms with Gasteiger partial charge in [-0.15, -0.1) is 11.3 Å². The molecule has 1 aliphatic rings. The molecule has 0 aliphatic carbocycles. The van der Waals surface area contributed by atoms with Crippen LogP contribution in [0.5, 0.6) is 5.75 Å². The lowest BCUT2D eigenvalue weighted by Crippen LogP contribution is -2.59. The number of aromatic nitrogens is 1. The number of phenols is 1. The van der Waals surface area contributed by atoms with Crippen LogP contribution in [0, 0.1) is 17.8 Å². The predicted octanol–water partition coefficient (Wildman–Crippen LogP) is -3.34. The molecule has 50 heteroatoms. The fourth-order valence-corrected chi connectivity index (χ4v) is 16.8. The summed E-state index contributed by atoms with van der Waals surface area (Å²) in [4.78, 5) is 224. The lowest BCUT2D eigenvalue weighted by molar-refractivity contribution is -0.159. The Bertz CT molecular complexity index is 4090. The molecule has 1 aromatic heterocycles. The fourth-order valence-electron chi connectivity index (χ4n) is 14.1. The third-order valence-corrected chi connectivity index (χ3v) is 25.7. The van der Waals surface area contributed by atoms with Crippen LogP contribution >= 0.6 is 32.9 Å². The number of aryl methyl sites for hydroxylation is 1. The number of unbranched alkanes of at least 4 members (excludes halogenated alkanes) is 4. The molecule has 136 heavy (non-hydrogen) atoms. The van der Waals surface area contributed by atoms with Gasteiger partial charge in [-0.1, -0.05) is 107 Å². The van der Waals surface area contributed by atoms with Gasteiger partial charge in [0.05, 0.1) is 36.5 Å². The molecule has 12 amide bonds. The Hall–Kier alpha value is -9.81. The van der Waals surface area contributed by atoms with Gasteiger partial charge >= 0.3 is 30.0 Å². The standard InChI is InChI=1S/C86H141N15O32S3/c1-8-17-71(116)133-46-101(84(128)72(48(5)9-2)97-83(127)60-18-14-16-35-100(60)7)59(47(3)4)28-31-68-92-57(44-134-68)82(126)90-51(39-50-20-22-52(104)23-21-50)38-49(6)77(121)98-99-86(131)132-36-37-135-136-45-58(85(129)130)96-81(125)55(25-30-66(110)89-41-62(106)74(118)76(120)64(108)43-103)94-80(124)56(27-33-70(114)115)95-79(123)54(24-29-65(109)88-40-61(105)73(117)75(119)63(107)42-102)93-78(122)53(26-32-69(112)113)91-67(111)19-13-11-10-12-15-34-87/h20-23,44,47-49,51,53-56,58-64,72-76,102-108,117-120H,8-19,24-43,45-46,87H2,1-7H3,(H,88,109)(H,89,110)(H,90,126)(H,91,111)(H,93,122)(H,94,124)(H,95,123)(H,96,125)(H,97,127)(H,98,121)(H,99,131)(H,112,113)(H,114,115)(H,129,130). The summed E-state index contributed by atoms with van der Waals surface area (Å²) in [6, 6.07) is -6.13. The number of phenolic OH excluding ortho intramolecular Hbond substituents is 1. The summed E-state index contributed by atoms with van der Waals surface area (Å²) in [7, 11) is 3.60. The highest BCUT2D eigenvalue weighted by atomic mass is 33.1. The van der Waals surface area contributed by atoms with Gasteiger partial charge in [-0.3, -0.25) is 77.4 Å². The van der Waals surface area contributed by atoms with Crippen LogP contribution in [0.2, 0.25) is 0 Å². The number of carboxylic acid groups (broad SMARTS) is 3. The van der Waals surface area contributed by atoms with Gasteiger partial charge in [-0.2, -0.15) is 0 Å². The van der Waals surface area contributed by atoms with Gasteiger partial charge in [-0.05, 0) is 127 Å². The van der Waals surface area contributed by atoms with Gasteiger partial charge in [0.25, 0.3) is 5.91 Å². The number of hydrogen-bond donors (Lipinski definition) is 26. The van der Waals surface area contributed by atoms with E-state index in [1.165, 1.54) is 35.3 Å². The van der Waals surface area contributed by atoms with Crippen molar-refractivity contribution < 1.29 is 158 Å². The van der Waals surface area contributed by atoms with E-state index in [1.807, 2.05) is 46.6 Å². The number of ether oxygens (including phenoxy) is 2. The number of carbonyl (C=O) groups is 16. The van der Waals surface area contributed by atoms with Crippen molar-refractivity contribution in [3.8, 4) is 5.75 Å². The second kappa shape index (κ2) is 65.1. The molecule has 1 aliphatic heterocycles. The van der Waals surface area contributed by atoms with Crippen molar-refractivity contribution in [1.82, 2.24) is 73.5 Å². The number of rotatable bonds is 68. The SMILES string of the molecule is CCCC(=O)OCN(C(=O)C(NC(=O)C1CCCCN1C)C(C)CC)C(CCc1nc(C(=O)NC(Cc2ccc(O)cc2)CC(C)C(=O)NNC(=O)OCCSSCC(NC(=O)C(CCC(=O)NCC(O)C(O)C(O)C(O)CO)NC(=O)C(CCC(=O)O)NC(=O)C(CCC(=O)NCC(O)C(O)C(O)C(O)CO)NC(=O)C(CCC(=O)O)NC(=O)CCCCCCCN)C(=O)O)cs1)C(C)C. The molecule has 0 saturated carbocycles. The Morgan fingerprint density at radius 1 is 0.581 bits per heavy atom. The minimum Gasteiger partial charge on any atom is -0.508 e. The summed E-state index contributed by atoms with van der Waals surface area (Å²) in [6.45, 7) is 7.65. The summed E-state index contributed by atoms with van der Waals surface area (Å²) in [5.41, 5.74) is 10.7. The smallest absolute Gasteiger partial charge is 0.426 e. The van der Waals surface area contributed by atoms with Crippen molar-refractivity contribution in [1.29, 1.82) is 0 Å². The Morgan fingerprint density at radius 3 is 1.60 bits per heavy atom. The lowest BCUT2D eigenvalue weighted by atomic mass is 9.93. The molecule has 19 atom stereocenters. The van der Waals surface area contributed by atoms with Gasteiger partial charge < -0.3 is 139 Å². The number of nitrogens with two attached hydrogens (primary N) is 1. The van der Waals surface area contributed by atoms with Crippen LogP contribution in [0.1, 0.15) is 204 Å². The molecule has 2 aromatic rings. The molecule has 1 fully saturated rings. The molecular weight excluding hydrogens is 1850 g/mol. The van der Waals surface area contributed by atoms with Crippen LogP contribution in [0.25, 0.3) is 0 Å². The molecule has 0 radical (unpaired) electrons. The Morgan fingerprint density at radius 2 is 1.10 bits per heavy atom. The zero-order chi connectivity index (χ0) is 102. The average Bonchev–Trinajstić information content (AvgIpc) is 1.71. The zero-order valence-electron chi connectivity index (χ0n) is 77.7. The third kappa shape index (κ3) is 45.6. The highest BCUT2D eigenvalue weighted by molar-refractivity contribution is 8.76. The largest absolute Gasteiger partial charge is 0.508 e. The quantitative estimate of drug-likeness (QED) is 0.0101. The molecular formula is C86H141N15O32S3. The van der Waals surface area contributed by atoms with Crippen molar-refractivity contribution in [2.75, 3.05) is 71.3 Å². The zero-order valence-corrected chi connectivity index (χ0v) is 80.2. The monoisotopic (exact) mass is 1990 g/mol. The van der Waals surface area contributed by atoms with E-state index in [0.717, 1.165) is 53.8 Å². The van der Waals surface area contributed by atoms with Crippen molar-refractivity contribution in [2.45, 2.75) is 299 Å². The minimum absolute atomic E-state index is 0.0205. The van der Waals surface area contributed by atoms with E-state index in [1.54, 1.807) is 17.5 Å². The summed E-state index contributed by atoms with van der Waals surface area (Å²) in [5, 5.41) is 163. The van der Waals surface area contributed by atoms with Crippen LogP contribution in [-0.4, -0.2) is 356 Å². The molecule has 2 heterocycles. The fraction of sp³-hybridized carbons (Fsp3) is 0.709. The molecule has 27 N–H and O–H groups in total. The van der Waals surface area contributed by atoms with Crippen molar-refractivity contribution in [2.24, 2.45) is 23.5 Å². The summed E-state index contributed by atoms with van der Waals surface area (Å²) >= 11 is 1.20. The summed E-state index contributed by atoms with van der Waals surface area (Å²) in [6.07, 6.45) is -16.5. The van der Waals surface area contributed by atoms with Crippen LogP contribution in [-0.2, 0) is 89.4 Å². The first-order valence-electron chi connectivity index (χ1n) is 45.4. The van der Waals surface area contributed by atoms with E-state index >= 15 is 0 Å². The number of carboxylic acids is 3. The van der Waals surface area contributed by atoms with Crippen molar-refractivity contribution in [3.05, 3.63) is 45.9 Å². The van der Waals surface area contributed by atoms with Gasteiger partial charge in [0.2, 0.25) is 59.1 Å². The minimum atomic E-state index is -2.16.